The molecule has 0 spiro atoms. The first kappa shape index (κ1) is 11.6. The molecule has 0 radical (unpaired) electrons. The first-order valence-electron chi connectivity index (χ1n) is 6.07. The third-order valence-electron chi connectivity index (χ3n) is 3.53. The molecule has 3 rings (SSSR count). The number of hydrogen-bond donors (Lipinski definition) is 1. The third kappa shape index (κ3) is 1.98. The van der Waals surface area contributed by atoms with Gasteiger partial charge in [-0.3, -0.25) is 0 Å². The second kappa shape index (κ2) is 4.63. The summed E-state index contributed by atoms with van der Waals surface area (Å²) in [6.45, 7) is 4.83. The summed E-state index contributed by atoms with van der Waals surface area (Å²) in [4.78, 5) is 0. The fraction of sp³-hybridized carbons (Fsp3) is 0.429. The Labute approximate surface area is 106 Å². The molecule has 0 saturated carbocycles. The van der Waals surface area contributed by atoms with E-state index in [2.05, 4.69) is 6.58 Å². The van der Waals surface area contributed by atoms with E-state index < -0.39 is 0 Å². The van der Waals surface area contributed by atoms with E-state index in [1.165, 1.54) is 0 Å². The van der Waals surface area contributed by atoms with Crippen LogP contribution in [0.3, 0.4) is 0 Å². The van der Waals surface area contributed by atoms with E-state index in [1.54, 1.807) is 0 Å². The van der Waals surface area contributed by atoms with Gasteiger partial charge in [-0.05, 0) is 29.7 Å². The van der Waals surface area contributed by atoms with E-state index in [0.29, 0.717) is 6.61 Å². The molecule has 2 aliphatic rings. The van der Waals surface area contributed by atoms with Crippen LogP contribution in [0.25, 0.3) is 0 Å². The Morgan fingerprint density at radius 3 is 2.94 bits per heavy atom. The SMILES string of the molecule is C=C1CO[C@@H](c2ccc3c(c2)OCO3)C[C@H]1CO. The van der Waals surface area contributed by atoms with Gasteiger partial charge in [0, 0.05) is 12.5 Å². The van der Waals surface area contributed by atoms with Crippen LogP contribution in [0.15, 0.2) is 30.4 Å². The normalized spacial score (nSPS) is 26.4. The summed E-state index contributed by atoms with van der Waals surface area (Å²) in [7, 11) is 0. The van der Waals surface area contributed by atoms with E-state index in [1.807, 2.05) is 18.2 Å². The highest BCUT2D eigenvalue weighted by Gasteiger charge is 2.27. The highest BCUT2D eigenvalue weighted by atomic mass is 16.7. The van der Waals surface area contributed by atoms with Crippen LogP contribution < -0.4 is 9.47 Å². The fourth-order valence-electron chi connectivity index (χ4n) is 2.37. The molecule has 1 N–H and O–H groups in total. The van der Waals surface area contributed by atoms with Crippen molar-refractivity contribution in [1.82, 2.24) is 0 Å². The van der Waals surface area contributed by atoms with Crippen LogP contribution in [0.4, 0.5) is 0 Å². The van der Waals surface area contributed by atoms with Gasteiger partial charge in [0.25, 0.3) is 0 Å². The minimum atomic E-state index is -0.0119. The summed E-state index contributed by atoms with van der Waals surface area (Å²) in [5.41, 5.74) is 2.03. The van der Waals surface area contributed by atoms with Crippen molar-refractivity contribution < 1.29 is 19.3 Å². The lowest BCUT2D eigenvalue weighted by Crippen LogP contribution is -2.24. The molecule has 2 atom stereocenters. The lowest BCUT2D eigenvalue weighted by molar-refractivity contribution is 0.0117. The summed E-state index contributed by atoms with van der Waals surface area (Å²) in [6, 6.07) is 5.84. The molecule has 18 heavy (non-hydrogen) atoms. The molecule has 2 heterocycles. The lowest BCUT2D eigenvalue weighted by atomic mass is 9.89. The summed E-state index contributed by atoms with van der Waals surface area (Å²) >= 11 is 0. The summed E-state index contributed by atoms with van der Waals surface area (Å²) in [5, 5.41) is 9.32. The van der Waals surface area contributed by atoms with E-state index in [0.717, 1.165) is 29.1 Å². The van der Waals surface area contributed by atoms with Crippen molar-refractivity contribution in [1.29, 1.82) is 0 Å². The van der Waals surface area contributed by atoms with Gasteiger partial charge < -0.3 is 19.3 Å². The van der Waals surface area contributed by atoms with Crippen molar-refractivity contribution in [3.63, 3.8) is 0 Å². The van der Waals surface area contributed by atoms with Crippen molar-refractivity contribution in [3.05, 3.63) is 35.9 Å². The third-order valence-corrected chi connectivity index (χ3v) is 3.53. The number of rotatable bonds is 2. The molecule has 0 aromatic heterocycles. The number of aliphatic hydroxyl groups is 1. The zero-order valence-electron chi connectivity index (χ0n) is 10.1. The smallest absolute Gasteiger partial charge is 0.231 e. The summed E-state index contributed by atoms with van der Waals surface area (Å²) in [5.74, 6) is 1.66. The summed E-state index contributed by atoms with van der Waals surface area (Å²) in [6.07, 6.45) is 0.747. The van der Waals surface area contributed by atoms with Gasteiger partial charge in [-0.15, -0.1) is 0 Å². The number of aliphatic hydroxyl groups excluding tert-OH is 1. The number of fused-ring (bicyclic) bond motifs is 1. The van der Waals surface area contributed by atoms with Gasteiger partial charge in [0.2, 0.25) is 6.79 Å². The highest BCUT2D eigenvalue weighted by Crippen LogP contribution is 2.39. The minimum Gasteiger partial charge on any atom is -0.454 e. The maximum atomic E-state index is 9.32. The standard InChI is InChI=1S/C14H16O4/c1-9-7-16-13(5-11(9)6-15)10-2-3-12-14(4-10)18-8-17-12/h2-4,11,13,15H,1,5-8H2/t11-,13+/m0/s1. The molecule has 1 aromatic carbocycles. The molecule has 1 fully saturated rings. The van der Waals surface area contributed by atoms with E-state index in [-0.39, 0.29) is 25.4 Å². The number of hydrogen-bond acceptors (Lipinski definition) is 4. The van der Waals surface area contributed by atoms with Gasteiger partial charge in [-0.1, -0.05) is 12.6 Å². The van der Waals surface area contributed by atoms with Crippen LogP contribution in [0.5, 0.6) is 11.5 Å². The molecule has 4 heteroatoms. The maximum absolute atomic E-state index is 9.32. The molecule has 0 bridgehead atoms. The molecular formula is C14H16O4. The highest BCUT2D eigenvalue weighted by molar-refractivity contribution is 5.45. The molecule has 0 amide bonds. The molecule has 0 unspecified atom stereocenters. The molecule has 0 aliphatic carbocycles. The molecule has 1 saturated heterocycles. The minimum absolute atomic E-state index is 0.0119. The van der Waals surface area contributed by atoms with Gasteiger partial charge in [0.05, 0.1) is 12.7 Å². The quantitative estimate of drug-likeness (QED) is 0.814. The second-order valence-corrected chi connectivity index (χ2v) is 4.69. The van der Waals surface area contributed by atoms with Crippen molar-refractivity contribution in [2.24, 2.45) is 5.92 Å². The van der Waals surface area contributed by atoms with Gasteiger partial charge in [-0.2, -0.15) is 0 Å². The van der Waals surface area contributed by atoms with E-state index in [9.17, 15) is 5.11 Å². The van der Waals surface area contributed by atoms with Crippen LogP contribution in [0.2, 0.25) is 0 Å². The Morgan fingerprint density at radius 2 is 2.11 bits per heavy atom. The van der Waals surface area contributed by atoms with E-state index in [4.69, 9.17) is 14.2 Å². The van der Waals surface area contributed by atoms with Crippen molar-refractivity contribution in [3.8, 4) is 11.5 Å². The average Bonchev–Trinajstić information content (AvgIpc) is 2.86. The fourth-order valence-corrected chi connectivity index (χ4v) is 2.37. The van der Waals surface area contributed by atoms with Crippen LogP contribution >= 0.6 is 0 Å². The summed E-state index contributed by atoms with van der Waals surface area (Å²) < 4.78 is 16.4. The Kier molecular flexibility index (Phi) is 2.97. The number of ether oxygens (including phenoxy) is 3. The van der Waals surface area contributed by atoms with Crippen molar-refractivity contribution in [2.45, 2.75) is 12.5 Å². The average molecular weight is 248 g/mol. The van der Waals surface area contributed by atoms with Crippen molar-refractivity contribution in [2.75, 3.05) is 20.0 Å². The maximum Gasteiger partial charge on any atom is 0.231 e. The Morgan fingerprint density at radius 1 is 1.28 bits per heavy atom. The van der Waals surface area contributed by atoms with Crippen LogP contribution in [-0.2, 0) is 4.74 Å². The van der Waals surface area contributed by atoms with Crippen molar-refractivity contribution >= 4 is 0 Å². The van der Waals surface area contributed by atoms with Crippen LogP contribution in [-0.4, -0.2) is 25.1 Å². The molecule has 2 aliphatic heterocycles. The second-order valence-electron chi connectivity index (χ2n) is 4.69. The first-order valence-corrected chi connectivity index (χ1v) is 6.07. The monoisotopic (exact) mass is 248 g/mol. The largest absolute Gasteiger partial charge is 0.454 e. The predicted molar refractivity (Wildman–Crippen MR) is 65.6 cm³/mol. The lowest BCUT2D eigenvalue weighted by Gasteiger charge is -2.30. The Bertz CT molecular complexity index is 469. The number of benzene rings is 1. The Balaban J connectivity index is 1.80. The molecular weight excluding hydrogens is 232 g/mol. The first-order chi connectivity index (χ1) is 8.78. The van der Waals surface area contributed by atoms with Gasteiger partial charge in [-0.25, -0.2) is 0 Å². The van der Waals surface area contributed by atoms with Crippen LogP contribution in [0.1, 0.15) is 18.1 Å². The Hall–Kier alpha value is -1.52. The topological polar surface area (TPSA) is 47.9 Å². The molecule has 4 nitrogen and oxygen atoms in total. The van der Waals surface area contributed by atoms with Crippen LogP contribution in [0, 0.1) is 5.92 Å². The van der Waals surface area contributed by atoms with Gasteiger partial charge >= 0.3 is 0 Å². The van der Waals surface area contributed by atoms with E-state index >= 15 is 0 Å². The predicted octanol–water partition coefficient (Wildman–Crippen LogP) is 2.04. The molecule has 96 valence electrons. The zero-order valence-corrected chi connectivity index (χ0v) is 10.1. The molecule has 1 aromatic rings. The van der Waals surface area contributed by atoms with Gasteiger partial charge in [0.1, 0.15) is 0 Å². The van der Waals surface area contributed by atoms with Gasteiger partial charge in [0.15, 0.2) is 11.5 Å². The zero-order chi connectivity index (χ0) is 12.5.